The van der Waals surface area contributed by atoms with Gasteiger partial charge in [0.1, 0.15) is 0 Å². The molecule has 0 aromatic heterocycles. The largest absolute Gasteiger partial charge is 0.314 e. The molecular formula is C15H30N2. The minimum Gasteiger partial charge on any atom is -0.314 e. The third-order valence-corrected chi connectivity index (χ3v) is 4.25. The normalized spacial score (nSPS) is 30.2. The topological polar surface area (TPSA) is 15.3 Å². The Kier molecular flexibility index (Phi) is 4.87. The fourth-order valence-corrected chi connectivity index (χ4v) is 3.32. The van der Waals surface area contributed by atoms with Gasteiger partial charge >= 0.3 is 0 Å². The molecule has 2 heteroatoms. The molecule has 2 nitrogen and oxygen atoms in total. The van der Waals surface area contributed by atoms with Crippen molar-refractivity contribution >= 4 is 0 Å². The van der Waals surface area contributed by atoms with Gasteiger partial charge in [-0.2, -0.15) is 0 Å². The highest BCUT2D eigenvalue weighted by Crippen LogP contribution is 2.34. The highest BCUT2D eigenvalue weighted by Gasteiger charge is 2.35. The number of hydrogen-bond acceptors (Lipinski definition) is 2. The molecule has 17 heavy (non-hydrogen) atoms. The van der Waals surface area contributed by atoms with Crippen LogP contribution in [-0.4, -0.2) is 36.1 Å². The summed E-state index contributed by atoms with van der Waals surface area (Å²) in [7, 11) is 0. The van der Waals surface area contributed by atoms with Gasteiger partial charge < -0.3 is 5.32 Å². The average molecular weight is 238 g/mol. The first-order valence-corrected chi connectivity index (χ1v) is 7.69. The summed E-state index contributed by atoms with van der Waals surface area (Å²) < 4.78 is 0. The molecule has 0 bridgehead atoms. The monoisotopic (exact) mass is 238 g/mol. The first-order valence-electron chi connectivity index (χ1n) is 7.69. The molecule has 2 rings (SSSR count). The number of rotatable bonds is 6. The van der Waals surface area contributed by atoms with Crippen LogP contribution in [0.2, 0.25) is 0 Å². The summed E-state index contributed by atoms with van der Waals surface area (Å²) in [4.78, 5) is 2.84. The predicted molar refractivity (Wildman–Crippen MR) is 74.3 cm³/mol. The van der Waals surface area contributed by atoms with Gasteiger partial charge in [0.15, 0.2) is 0 Å². The Hall–Kier alpha value is -0.0800. The smallest absolute Gasteiger partial charge is 0.00994 e. The van der Waals surface area contributed by atoms with Crippen molar-refractivity contribution in [3.63, 3.8) is 0 Å². The summed E-state index contributed by atoms with van der Waals surface area (Å²) in [5.74, 6) is 0.821. The maximum atomic E-state index is 3.61. The van der Waals surface area contributed by atoms with Gasteiger partial charge in [-0.3, -0.25) is 4.90 Å². The molecule has 0 spiro atoms. The Balaban J connectivity index is 1.80. The minimum absolute atomic E-state index is 0.802. The molecule has 2 aliphatic rings. The quantitative estimate of drug-likeness (QED) is 0.765. The van der Waals surface area contributed by atoms with Crippen LogP contribution in [0, 0.1) is 5.92 Å². The predicted octanol–water partition coefficient (Wildman–Crippen LogP) is 3.03. The first-order chi connectivity index (χ1) is 8.20. The van der Waals surface area contributed by atoms with E-state index in [0.717, 1.165) is 30.6 Å². The number of nitrogens with zero attached hydrogens (tertiary/aromatic N) is 1. The van der Waals surface area contributed by atoms with Crippen LogP contribution in [0.4, 0.5) is 0 Å². The van der Waals surface area contributed by atoms with Crippen molar-refractivity contribution in [2.75, 3.05) is 13.1 Å². The summed E-state index contributed by atoms with van der Waals surface area (Å²) in [5.41, 5.74) is 0. The fraction of sp³-hybridized carbons (Fsp3) is 1.00. The summed E-state index contributed by atoms with van der Waals surface area (Å²) in [6, 6.07) is 2.63. The molecule has 2 aliphatic carbocycles. The lowest BCUT2D eigenvalue weighted by molar-refractivity contribution is 0.121. The van der Waals surface area contributed by atoms with Crippen molar-refractivity contribution in [3.8, 4) is 0 Å². The molecule has 1 N–H and O–H groups in total. The van der Waals surface area contributed by atoms with Gasteiger partial charge in [0.2, 0.25) is 0 Å². The Bertz CT molecular complexity index is 215. The van der Waals surface area contributed by atoms with Crippen molar-refractivity contribution in [2.45, 2.75) is 77.4 Å². The Morgan fingerprint density at radius 3 is 1.94 bits per heavy atom. The van der Waals surface area contributed by atoms with Crippen LogP contribution < -0.4 is 5.32 Å². The van der Waals surface area contributed by atoms with E-state index >= 15 is 0 Å². The maximum Gasteiger partial charge on any atom is 0.00994 e. The molecule has 100 valence electrons. The maximum absolute atomic E-state index is 3.61. The number of nitrogens with one attached hydrogen (secondary N) is 1. The zero-order valence-corrected chi connectivity index (χ0v) is 11.9. The first kappa shape index (κ1) is 13.4. The van der Waals surface area contributed by atoms with Crippen molar-refractivity contribution in [3.05, 3.63) is 0 Å². The molecule has 2 saturated carbocycles. The molecular weight excluding hydrogens is 208 g/mol. The van der Waals surface area contributed by atoms with Crippen LogP contribution in [-0.2, 0) is 0 Å². The Morgan fingerprint density at radius 2 is 1.53 bits per heavy atom. The third kappa shape index (κ3) is 3.96. The summed E-state index contributed by atoms with van der Waals surface area (Å²) in [6.45, 7) is 9.40. The molecule has 0 atom stereocenters. The van der Waals surface area contributed by atoms with Crippen molar-refractivity contribution in [1.82, 2.24) is 10.2 Å². The van der Waals surface area contributed by atoms with Gasteiger partial charge in [-0.1, -0.05) is 20.8 Å². The van der Waals surface area contributed by atoms with Gasteiger partial charge in [-0.15, -0.1) is 0 Å². The van der Waals surface area contributed by atoms with Crippen molar-refractivity contribution < 1.29 is 0 Å². The third-order valence-electron chi connectivity index (χ3n) is 4.25. The standard InChI is InChI=1S/C15H30N2/c1-4-16-13-5-7-14(8-6-13)17(11-12(2)3)15-9-10-15/h12-16H,4-11H2,1-3H3. The van der Waals surface area contributed by atoms with Crippen LogP contribution in [0.15, 0.2) is 0 Å². The fourth-order valence-electron chi connectivity index (χ4n) is 3.32. The zero-order chi connectivity index (χ0) is 12.3. The van der Waals surface area contributed by atoms with Gasteiger partial charge in [-0.05, 0) is 51.0 Å². The van der Waals surface area contributed by atoms with Gasteiger partial charge in [0.25, 0.3) is 0 Å². The minimum atomic E-state index is 0.802. The Morgan fingerprint density at radius 1 is 1.00 bits per heavy atom. The van der Waals surface area contributed by atoms with Gasteiger partial charge in [0.05, 0.1) is 0 Å². The summed E-state index contributed by atoms with van der Waals surface area (Å²) in [6.07, 6.45) is 8.53. The molecule has 0 aliphatic heterocycles. The highest BCUT2D eigenvalue weighted by molar-refractivity contribution is 4.92. The SMILES string of the molecule is CCNC1CCC(N(CC(C)C)C2CC2)CC1. The average Bonchev–Trinajstić information content (AvgIpc) is 3.11. The van der Waals surface area contributed by atoms with Gasteiger partial charge in [-0.25, -0.2) is 0 Å². The van der Waals surface area contributed by atoms with E-state index in [2.05, 4.69) is 31.0 Å². The van der Waals surface area contributed by atoms with Crippen molar-refractivity contribution in [1.29, 1.82) is 0 Å². The van der Waals surface area contributed by atoms with E-state index in [1.807, 2.05) is 0 Å². The van der Waals surface area contributed by atoms with E-state index in [1.54, 1.807) is 0 Å². The van der Waals surface area contributed by atoms with Crippen LogP contribution in [0.1, 0.15) is 59.3 Å². The van der Waals surface area contributed by atoms with E-state index < -0.39 is 0 Å². The van der Waals surface area contributed by atoms with E-state index in [9.17, 15) is 0 Å². The lowest BCUT2D eigenvalue weighted by Crippen LogP contribution is -2.44. The summed E-state index contributed by atoms with van der Waals surface area (Å²) in [5, 5.41) is 3.61. The molecule has 0 amide bonds. The zero-order valence-electron chi connectivity index (χ0n) is 11.9. The molecule has 0 aromatic rings. The summed E-state index contributed by atoms with van der Waals surface area (Å²) >= 11 is 0. The van der Waals surface area contributed by atoms with E-state index in [4.69, 9.17) is 0 Å². The van der Waals surface area contributed by atoms with E-state index in [-0.39, 0.29) is 0 Å². The second-order valence-electron chi connectivity index (χ2n) is 6.38. The van der Waals surface area contributed by atoms with Crippen molar-refractivity contribution in [2.24, 2.45) is 5.92 Å². The van der Waals surface area contributed by atoms with Crippen LogP contribution >= 0.6 is 0 Å². The molecule has 0 unspecified atom stereocenters. The molecule has 0 radical (unpaired) electrons. The Labute approximate surface area is 107 Å². The van der Waals surface area contributed by atoms with E-state index in [0.29, 0.717) is 0 Å². The lowest BCUT2D eigenvalue weighted by atomic mass is 9.89. The van der Waals surface area contributed by atoms with Crippen LogP contribution in [0.25, 0.3) is 0 Å². The highest BCUT2D eigenvalue weighted by atomic mass is 15.2. The van der Waals surface area contributed by atoms with Gasteiger partial charge in [0, 0.05) is 24.7 Å². The second-order valence-corrected chi connectivity index (χ2v) is 6.38. The molecule has 0 saturated heterocycles. The number of hydrogen-bond donors (Lipinski definition) is 1. The van der Waals surface area contributed by atoms with Crippen LogP contribution in [0.5, 0.6) is 0 Å². The molecule has 2 fully saturated rings. The van der Waals surface area contributed by atoms with Crippen LogP contribution in [0.3, 0.4) is 0 Å². The second kappa shape index (κ2) is 6.19. The van der Waals surface area contributed by atoms with E-state index in [1.165, 1.54) is 45.1 Å². The lowest BCUT2D eigenvalue weighted by Gasteiger charge is -2.38. The molecule has 0 aromatic carbocycles. The molecule has 0 heterocycles.